The van der Waals surface area contributed by atoms with Gasteiger partial charge in [0, 0.05) is 22.7 Å². The van der Waals surface area contributed by atoms with Crippen LogP contribution in [0, 0.1) is 5.82 Å². The maximum atomic E-state index is 14.6. The number of rotatable bonds is 7. The smallest absolute Gasteiger partial charge is 0.416 e. The number of hydrogen-bond donors (Lipinski definition) is 3. The molecule has 35 heavy (non-hydrogen) atoms. The SMILES string of the molecule is O=C(O)C=CC(O)(CC1(c2cc(C(F)(F)F)ccc2F)CC1)C(=O)Nc1ccc2c(c1)COC2=O. The first-order valence-corrected chi connectivity index (χ1v) is 10.5. The van der Waals surface area contributed by atoms with Gasteiger partial charge in [0.15, 0.2) is 5.60 Å². The fourth-order valence-corrected chi connectivity index (χ4v) is 4.19. The average Bonchev–Trinajstić information content (AvgIpc) is 3.46. The second kappa shape index (κ2) is 8.49. The van der Waals surface area contributed by atoms with E-state index in [0.29, 0.717) is 35.4 Å². The molecule has 1 saturated carbocycles. The quantitative estimate of drug-likeness (QED) is 0.306. The van der Waals surface area contributed by atoms with E-state index in [1.807, 2.05) is 0 Å². The second-order valence-electron chi connectivity index (χ2n) is 8.65. The molecule has 2 aromatic rings. The van der Waals surface area contributed by atoms with Crippen molar-refractivity contribution in [3.05, 3.63) is 76.6 Å². The van der Waals surface area contributed by atoms with Crippen LogP contribution in [0.5, 0.6) is 0 Å². The lowest BCUT2D eigenvalue weighted by atomic mass is 9.81. The Morgan fingerprint density at radius 2 is 1.86 bits per heavy atom. The summed E-state index contributed by atoms with van der Waals surface area (Å²) in [5, 5.41) is 22.6. The van der Waals surface area contributed by atoms with E-state index in [-0.39, 0.29) is 30.7 Å². The molecule has 1 unspecified atom stereocenters. The van der Waals surface area contributed by atoms with E-state index in [4.69, 9.17) is 9.84 Å². The Hall–Kier alpha value is -3.73. The van der Waals surface area contributed by atoms with Gasteiger partial charge in [-0.15, -0.1) is 0 Å². The summed E-state index contributed by atoms with van der Waals surface area (Å²) in [6.07, 6.45) is -3.67. The topological polar surface area (TPSA) is 113 Å². The van der Waals surface area contributed by atoms with Gasteiger partial charge in [0.1, 0.15) is 12.4 Å². The van der Waals surface area contributed by atoms with Gasteiger partial charge in [-0.25, -0.2) is 14.0 Å². The summed E-state index contributed by atoms with van der Waals surface area (Å²) in [6, 6.07) is 6.16. The number of hydrogen-bond acceptors (Lipinski definition) is 5. The number of carbonyl (C=O) groups is 3. The molecule has 0 bridgehead atoms. The van der Waals surface area contributed by atoms with E-state index in [1.54, 1.807) is 0 Å². The zero-order valence-electron chi connectivity index (χ0n) is 18.0. The summed E-state index contributed by atoms with van der Waals surface area (Å²) in [5.74, 6) is -4.00. The Bertz CT molecular complexity index is 1250. The van der Waals surface area contributed by atoms with Crippen molar-refractivity contribution in [2.75, 3.05) is 5.32 Å². The van der Waals surface area contributed by atoms with Crippen LogP contribution in [0.2, 0.25) is 0 Å². The molecule has 1 fully saturated rings. The highest BCUT2D eigenvalue weighted by molar-refractivity contribution is 6.00. The zero-order chi connectivity index (χ0) is 25.6. The summed E-state index contributed by atoms with van der Waals surface area (Å²) < 4.78 is 59.1. The molecule has 7 nitrogen and oxygen atoms in total. The largest absolute Gasteiger partial charge is 0.478 e. The number of aliphatic carboxylic acids is 1. The van der Waals surface area contributed by atoms with Crippen molar-refractivity contribution in [3.63, 3.8) is 0 Å². The molecule has 11 heteroatoms. The molecule has 0 spiro atoms. The molecule has 184 valence electrons. The third-order valence-corrected chi connectivity index (χ3v) is 6.16. The summed E-state index contributed by atoms with van der Waals surface area (Å²) in [4.78, 5) is 35.8. The number of esters is 1. The number of aliphatic hydroxyl groups is 1. The van der Waals surface area contributed by atoms with Crippen LogP contribution in [0.25, 0.3) is 0 Å². The van der Waals surface area contributed by atoms with Gasteiger partial charge in [-0.3, -0.25) is 4.79 Å². The first-order valence-electron chi connectivity index (χ1n) is 10.5. The van der Waals surface area contributed by atoms with Gasteiger partial charge in [-0.05, 0) is 67.3 Å². The predicted octanol–water partition coefficient (Wildman–Crippen LogP) is 3.95. The van der Waals surface area contributed by atoms with Gasteiger partial charge in [0.25, 0.3) is 5.91 Å². The van der Waals surface area contributed by atoms with E-state index < -0.39 is 52.8 Å². The Balaban J connectivity index is 1.65. The minimum atomic E-state index is -4.73. The number of fused-ring (bicyclic) bond motifs is 1. The van der Waals surface area contributed by atoms with Gasteiger partial charge in [-0.2, -0.15) is 13.2 Å². The number of halogens is 4. The maximum absolute atomic E-state index is 14.6. The minimum absolute atomic E-state index is 0.0149. The van der Waals surface area contributed by atoms with Crippen LogP contribution in [-0.2, 0) is 32.5 Å². The number of ether oxygens (including phenoxy) is 1. The summed E-state index contributed by atoms with van der Waals surface area (Å²) in [7, 11) is 0. The van der Waals surface area contributed by atoms with Crippen LogP contribution in [0.15, 0.2) is 48.6 Å². The molecule has 2 aromatic carbocycles. The summed E-state index contributed by atoms with van der Waals surface area (Å²) in [6.45, 7) is -0.0149. The van der Waals surface area contributed by atoms with E-state index in [9.17, 15) is 37.1 Å². The average molecular weight is 493 g/mol. The number of cyclic esters (lactones) is 1. The maximum Gasteiger partial charge on any atom is 0.416 e. The number of anilines is 1. The molecular weight excluding hydrogens is 474 g/mol. The number of carbonyl (C=O) groups excluding carboxylic acids is 2. The fourth-order valence-electron chi connectivity index (χ4n) is 4.19. The van der Waals surface area contributed by atoms with E-state index in [1.165, 1.54) is 18.2 Å². The number of nitrogens with one attached hydrogen (secondary N) is 1. The van der Waals surface area contributed by atoms with Gasteiger partial charge in [0.05, 0.1) is 11.1 Å². The predicted molar refractivity (Wildman–Crippen MR) is 113 cm³/mol. The van der Waals surface area contributed by atoms with Crippen molar-refractivity contribution in [3.8, 4) is 0 Å². The zero-order valence-corrected chi connectivity index (χ0v) is 18.0. The van der Waals surface area contributed by atoms with Crippen LogP contribution < -0.4 is 5.32 Å². The number of amides is 1. The molecule has 1 atom stereocenters. The van der Waals surface area contributed by atoms with E-state index >= 15 is 0 Å². The third-order valence-electron chi connectivity index (χ3n) is 6.16. The van der Waals surface area contributed by atoms with E-state index in [2.05, 4.69) is 5.32 Å². The lowest BCUT2D eigenvalue weighted by Crippen LogP contribution is -2.44. The van der Waals surface area contributed by atoms with Crippen molar-refractivity contribution < 1.29 is 46.9 Å². The van der Waals surface area contributed by atoms with Gasteiger partial charge < -0.3 is 20.3 Å². The standard InChI is InChI=1S/C24H19F4NO6/c25-18-4-1-14(24(26,27)28)10-17(18)22(7-8-22)12-23(34,6-5-19(30)31)21(33)29-15-2-3-16-13(9-15)11-35-20(16)32/h1-6,9-10,34H,7-8,11-12H2,(H,29,33)(H,30,31). The number of alkyl halides is 3. The number of carboxylic acid groups (broad SMARTS) is 1. The van der Waals surface area contributed by atoms with Crippen molar-refractivity contribution in [2.24, 2.45) is 0 Å². The molecule has 1 heterocycles. The number of carboxylic acids is 1. The van der Waals surface area contributed by atoms with Gasteiger partial charge >= 0.3 is 18.1 Å². The molecular formula is C24H19F4NO6. The van der Waals surface area contributed by atoms with Crippen LogP contribution >= 0.6 is 0 Å². The van der Waals surface area contributed by atoms with Gasteiger partial charge in [-0.1, -0.05) is 0 Å². The molecule has 1 amide bonds. The second-order valence-corrected chi connectivity index (χ2v) is 8.65. The molecule has 4 rings (SSSR count). The summed E-state index contributed by atoms with van der Waals surface area (Å²) >= 11 is 0. The van der Waals surface area contributed by atoms with Crippen LogP contribution in [0.1, 0.15) is 46.3 Å². The molecule has 0 saturated heterocycles. The van der Waals surface area contributed by atoms with Crippen LogP contribution in [-0.4, -0.2) is 33.7 Å². The molecule has 1 aliphatic heterocycles. The van der Waals surface area contributed by atoms with Gasteiger partial charge in [0.2, 0.25) is 0 Å². The minimum Gasteiger partial charge on any atom is -0.478 e. The fraction of sp³-hybridized carbons (Fsp3) is 0.292. The summed E-state index contributed by atoms with van der Waals surface area (Å²) in [5.41, 5.74) is -4.23. The first kappa shape index (κ1) is 24.4. The third kappa shape index (κ3) is 4.90. The van der Waals surface area contributed by atoms with Crippen molar-refractivity contribution in [2.45, 2.75) is 43.1 Å². The van der Waals surface area contributed by atoms with E-state index in [0.717, 1.165) is 6.08 Å². The lowest BCUT2D eigenvalue weighted by molar-refractivity contribution is -0.138. The van der Waals surface area contributed by atoms with Crippen LogP contribution in [0.4, 0.5) is 23.2 Å². The molecule has 3 N–H and O–H groups in total. The molecule has 1 aliphatic carbocycles. The normalized spacial score (nSPS) is 18.0. The van der Waals surface area contributed by atoms with Crippen molar-refractivity contribution in [1.29, 1.82) is 0 Å². The highest BCUT2D eigenvalue weighted by Gasteiger charge is 2.53. The monoisotopic (exact) mass is 493 g/mol. The van der Waals surface area contributed by atoms with Crippen LogP contribution in [0.3, 0.4) is 0 Å². The molecule has 2 aliphatic rings. The highest BCUT2D eigenvalue weighted by atomic mass is 19.4. The molecule has 0 radical (unpaired) electrons. The molecule has 0 aromatic heterocycles. The Labute approximate surface area is 196 Å². The first-order chi connectivity index (χ1) is 16.3. The Morgan fingerprint density at radius 1 is 1.14 bits per heavy atom. The Morgan fingerprint density at radius 3 is 2.49 bits per heavy atom. The number of benzene rings is 2. The lowest BCUT2D eigenvalue weighted by Gasteiger charge is -2.29. The highest BCUT2D eigenvalue weighted by Crippen LogP contribution is 2.55. The Kier molecular flexibility index (Phi) is 5.92. The van der Waals surface area contributed by atoms with Crippen molar-refractivity contribution >= 4 is 23.5 Å². The van der Waals surface area contributed by atoms with Crippen molar-refractivity contribution in [1.82, 2.24) is 0 Å².